The lowest BCUT2D eigenvalue weighted by molar-refractivity contribution is 0.310. The van der Waals surface area contributed by atoms with Crippen LogP contribution in [0.3, 0.4) is 0 Å². The van der Waals surface area contributed by atoms with Crippen molar-refractivity contribution in [3.63, 3.8) is 0 Å². The summed E-state index contributed by atoms with van der Waals surface area (Å²) in [7, 11) is 0. The summed E-state index contributed by atoms with van der Waals surface area (Å²) in [5.41, 5.74) is 1.35. The van der Waals surface area contributed by atoms with Crippen LogP contribution in [-0.2, 0) is 6.54 Å². The molecular weight excluding hydrogens is 206 g/mol. The topological polar surface area (TPSA) is 12.0 Å². The van der Waals surface area contributed by atoms with Gasteiger partial charge in [-0.05, 0) is 23.8 Å². The Hall–Kier alpha value is -1.08. The number of hydrogen-bond acceptors (Lipinski definition) is 1. The molecule has 1 heteroatoms. The van der Waals surface area contributed by atoms with Gasteiger partial charge in [0.1, 0.15) is 0 Å². The van der Waals surface area contributed by atoms with E-state index in [4.69, 9.17) is 0 Å². The van der Waals surface area contributed by atoms with Gasteiger partial charge < -0.3 is 5.32 Å². The van der Waals surface area contributed by atoms with Gasteiger partial charge in [0, 0.05) is 12.6 Å². The van der Waals surface area contributed by atoms with Crippen molar-refractivity contribution in [3.8, 4) is 0 Å². The van der Waals surface area contributed by atoms with Crippen LogP contribution in [0.4, 0.5) is 0 Å². The molecule has 0 saturated carbocycles. The standard InChI is InChI=1S/C16H25N/c1-5-13(3)14(4)16(6-2)17-12-15-10-8-7-9-11-15/h5,7-11,13-14,16-17H,1,6,12H2,2-4H3/t13-,14-,16-/m0/s1. The Bertz CT molecular complexity index is 318. The molecule has 0 radical (unpaired) electrons. The Labute approximate surface area is 106 Å². The molecule has 1 rings (SSSR count). The fourth-order valence-corrected chi connectivity index (χ4v) is 2.13. The van der Waals surface area contributed by atoms with Gasteiger partial charge in [0.05, 0.1) is 0 Å². The van der Waals surface area contributed by atoms with Crippen LogP contribution in [0.25, 0.3) is 0 Å². The van der Waals surface area contributed by atoms with Gasteiger partial charge in [-0.1, -0.05) is 57.2 Å². The molecule has 0 aliphatic rings. The molecule has 0 aliphatic carbocycles. The quantitative estimate of drug-likeness (QED) is 0.699. The summed E-state index contributed by atoms with van der Waals surface area (Å²) in [5, 5.41) is 3.65. The van der Waals surface area contributed by atoms with E-state index in [0.29, 0.717) is 17.9 Å². The zero-order chi connectivity index (χ0) is 12.7. The van der Waals surface area contributed by atoms with E-state index in [1.807, 2.05) is 0 Å². The lowest BCUT2D eigenvalue weighted by atomic mass is 9.87. The SMILES string of the molecule is C=C[C@H](C)[C@H](C)[C@H](CC)NCc1ccccc1. The average Bonchev–Trinajstić information content (AvgIpc) is 2.39. The normalized spacial score (nSPS) is 16.2. The molecule has 0 saturated heterocycles. The van der Waals surface area contributed by atoms with Gasteiger partial charge in [-0.25, -0.2) is 0 Å². The van der Waals surface area contributed by atoms with Crippen LogP contribution in [0, 0.1) is 11.8 Å². The van der Waals surface area contributed by atoms with Crippen molar-refractivity contribution in [1.82, 2.24) is 5.32 Å². The molecule has 0 bridgehead atoms. The monoisotopic (exact) mass is 231 g/mol. The summed E-state index contributed by atoms with van der Waals surface area (Å²) in [5.74, 6) is 1.18. The number of nitrogens with one attached hydrogen (secondary N) is 1. The molecule has 1 N–H and O–H groups in total. The molecule has 0 aliphatic heterocycles. The van der Waals surface area contributed by atoms with Crippen molar-refractivity contribution in [2.24, 2.45) is 11.8 Å². The van der Waals surface area contributed by atoms with Gasteiger partial charge >= 0.3 is 0 Å². The summed E-state index contributed by atoms with van der Waals surface area (Å²) in [4.78, 5) is 0. The molecule has 0 unspecified atom stereocenters. The van der Waals surface area contributed by atoms with E-state index in [-0.39, 0.29) is 0 Å². The highest BCUT2D eigenvalue weighted by molar-refractivity contribution is 5.14. The molecule has 0 heterocycles. The predicted molar refractivity (Wildman–Crippen MR) is 75.9 cm³/mol. The molecule has 0 amide bonds. The molecule has 17 heavy (non-hydrogen) atoms. The highest BCUT2D eigenvalue weighted by atomic mass is 14.9. The first-order valence-corrected chi connectivity index (χ1v) is 6.58. The highest BCUT2D eigenvalue weighted by Crippen LogP contribution is 2.18. The van der Waals surface area contributed by atoms with Crippen LogP contribution in [-0.4, -0.2) is 6.04 Å². The summed E-state index contributed by atoms with van der Waals surface area (Å²) in [6, 6.07) is 11.1. The molecule has 3 atom stereocenters. The molecule has 94 valence electrons. The summed E-state index contributed by atoms with van der Waals surface area (Å²) in [6.45, 7) is 11.6. The van der Waals surface area contributed by atoms with Gasteiger partial charge in [0.2, 0.25) is 0 Å². The minimum Gasteiger partial charge on any atom is -0.310 e. The van der Waals surface area contributed by atoms with E-state index in [1.54, 1.807) is 0 Å². The third-order valence-electron chi connectivity index (χ3n) is 3.69. The van der Waals surface area contributed by atoms with Crippen molar-refractivity contribution in [3.05, 3.63) is 48.6 Å². The third kappa shape index (κ3) is 4.35. The average molecular weight is 231 g/mol. The van der Waals surface area contributed by atoms with Gasteiger partial charge in [0.25, 0.3) is 0 Å². The van der Waals surface area contributed by atoms with Crippen LogP contribution in [0.5, 0.6) is 0 Å². The first-order chi connectivity index (χ1) is 8.19. The number of benzene rings is 1. The van der Waals surface area contributed by atoms with Crippen LogP contribution >= 0.6 is 0 Å². The fraction of sp³-hybridized carbons (Fsp3) is 0.500. The Balaban J connectivity index is 2.50. The maximum atomic E-state index is 3.89. The van der Waals surface area contributed by atoms with E-state index in [0.717, 1.165) is 13.0 Å². The predicted octanol–water partition coefficient (Wildman–Crippen LogP) is 4.01. The minimum absolute atomic E-state index is 0.559. The lowest BCUT2D eigenvalue weighted by Gasteiger charge is -2.27. The Morgan fingerprint density at radius 3 is 2.41 bits per heavy atom. The second kappa shape index (κ2) is 7.29. The van der Waals surface area contributed by atoms with Crippen molar-refractivity contribution in [1.29, 1.82) is 0 Å². The Kier molecular flexibility index (Phi) is 5.99. The summed E-state index contributed by atoms with van der Waals surface area (Å²) >= 11 is 0. The minimum atomic E-state index is 0.559. The van der Waals surface area contributed by atoms with E-state index >= 15 is 0 Å². The highest BCUT2D eigenvalue weighted by Gasteiger charge is 2.18. The van der Waals surface area contributed by atoms with E-state index in [9.17, 15) is 0 Å². The molecular formula is C16H25N. The number of rotatable bonds is 7. The number of hydrogen-bond donors (Lipinski definition) is 1. The molecule has 0 spiro atoms. The first kappa shape index (κ1) is 14.0. The Morgan fingerprint density at radius 2 is 1.88 bits per heavy atom. The maximum Gasteiger partial charge on any atom is 0.0208 e. The molecule has 0 aromatic heterocycles. The number of allylic oxidation sites excluding steroid dienone is 1. The molecule has 1 nitrogen and oxygen atoms in total. The summed E-state index contributed by atoms with van der Waals surface area (Å²) < 4.78 is 0. The second-order valence-electron chi connectivity index (χ2n) is 4.84. The van der Waals surface area contributed by atoms with Crippen molar-refractivity contribution >= 4 is 0 Å². The van der Waals surface area contributed by atoms with E-state index < -0.39 is 0 Å². The van der Waals surface area contributed by atoms with E-state index in [2.05, 4.69) is 69.1 Å². The first-order valence-electron chi connectivity index (χ1n) is 6.58. The zero-order valence-corrected chi connectivity index (χ0v) is 11.3. The van der Waals surface area contributed by atoms with Gasteiger partial charge in [-0.15, -0.1) is 6.58 Å². The molecule has 0 fully saturated rings. The molecule has 1 aromatic carbocycles. The second-order valence-corrected chi connectivity index (χ2v) is 4.84. The van der Waals surface area contributed by atoms with Crippen LogP contribution < -0.4 is 5.32 Å². The fourth-order valence-electron chi connectivity index (χ4n) is 2.13. The van der Waals surface area contributed by atoms with Gasteiger partial charge in [-0.2, -0.15) is 0 Å². The van der Waals surface area contributed by atoms with Crippen molar-refractivity contribution in [2.75, 3.05) is 0 Å². The summed E-state index contributed by atoms with van der Waals surface area (Å²) in [6.07, 6.45) is 3.21. The van der Waals surface area contributed by atoms with Gasteiger partial charge in [-0.3, -0.25) is 0 Å². The zero-order valence-electron chi connectivity index (χ0n) is 11.3. The van der Waals surface area contributed by atoms with Gasteiger partial charge in [0.15, 0.2) is 0 Å². The van der Waals surface area contributed by atoms with Crippen LogP contribution in [0.1, 0.15) is 32.8 Å². The van der Waals surface area contributed by atoms with Crippen molar-refractivity contribution in [2.45, 2.75) is 39.8 Å². The maximum absolute atomic E-state index is 3.89. The third-order valence-corrected chi connectivity index (χ3v) is 3.69. The Morgan fingerprint density at radius 1 is 1.24 bits per heavy atom. The smallest absolute Gasteiger partial charge is 0.0208 e. The lowest BCUT2D eigenvalue weighted by Crippen LogP contribution is -2.36. The molecule has 1 aromatic rings. The van der Waals surface area contributed by atoms with Crippen LogP contribution in [0.15, 0.2) is 43.0 Å². The van der Waals surface area contributed by atoms with Crippen LogP contribution in [0.2, 0.25) is 0 Å². The van der Waals surface area contributed by atoms with E-state index in [1.165, 1.54) is 5.56 Å². The van der Waals surface area contributed by atoms with Crippen molar-refractivity contribution < 1.29 is 0 Å². The largest absolute Gasteiger partial charge is 0.310 e.